The fourth-order valence-electron chi connectivity index (χ4n) is 1.99. The first-order valence-electron chi connectivity index (χ1n) is 7.42. The van der Waals surface area contributed by atoms with E-state index < -0.39 is 11.7 Å². The molecule has 2 rings (SSSR count). The first kappa shape index (κ1) is 16.2. The van der Waals surface area contributed by atoms with Gasteiger partial charge in [0.25, 0.3) is 0 Å². The Morgan fingerprint density at radius 3 is 2.45 bits per heavy atom. The lowest BCUT2D eigenvalue weighted by Gasteiger charge is -2.23. The minimum Gasteiger partial charge on any atom is -0.491 e. The van der Waals surface area contributed by atoms with Crippen LogP contribution in [0.3, 0.4) is 0 Å². The van der Waals surface area contributed by atoms with Crippen molar-refractivity contribution in [3.05, 3.63) is 29.8 Å². The maximum atomic E-state index is 11.8. The average molecular weight is 302 g/mol. The van der Waals surface area contributed by atoms with Crippen LogP contribution >= 0.6 is 0 Å². The quantitative estimate of drug-likeness (QED) is 0.906. The van der Waals surface area contributed by atoms with Gasteiger partial charge >= 0.3 is 6.09 Å². The normalized spacial score (nSPS) is 15.5. The molecule has 1 N–H and O–H groups in total. The maximum Gasteiger partial charge on any atom is 0.408 e. The Labute approximate surface area is 131 Å². The zero-order valence-electron chi connectivity index (χ0n) is 13.3. The fraction of sp³-hybridized carbons (Fsp3) is 0.529. The third-order valence-electron chi connectivity index (χ3n) is 3.34. The van der Waals surface area contributed by atoms with Gasteiger partial charge in [0.2, 0.25) is 0 Å². The predicted octanol–water partition coefficient (Wildman–Crippen LogP) is 3.19. The van der Waals surface area contributed by atoms with Crippen molar-refractivity contribution in [3.8, 4) is 11.8 Å². The molecule has 0 saturated heterocycles. The Hall–Kier alpha value is -2.22. The minimum atomic E-state index is -0.502. The predicted molar refractivity (Wildman–Crippen MR) is 82.6 cm³/mol. The van der Waals surface area contributed by atoms with Gasteiger partial charge in [0.05, 0.1) is 18.0 Å². The van der Waals surface area contributed by atoms with Crippen LogP contribution in [0.4, 0.5) is 4.79 Å². The summed E-state index contributed by atoms with van der Waals surface area (Å²) >= 11 is 0. The van der Waals surface area contributed by atoms with Gasteiger partial charge in [-0.3, -0.25) is 0 Å². The Kier molecular flexibility index (Phi) is 4.60. The van der Waals surface area contributed by atoms with Crippen molar-refractivity contribution < 1.29 is 14.3 Å². The SMILES string of the molecule is CC(C)(C)OC(=O)NC1(COc2ccc(CC#N)cc2)CC1. The number of amides is 1. The number of hydrogen-bond acceptors (Lipinski definition) is 4. The standard InChI is InChI=1S/C17H22N2O3/c1-16(2,3)22-15(20)19-17(9-10-17)12-21-14-6-4-13(5-7-14)8-11-18/h4-7H,8-10,12H2,1-3H3,(H,19,20). The fourth-order valence-corrected chi connectivity index (χ4v) is 1.99. The molecule has 22 heavy (non-hydrogen) atoms. The summed E-state index contributed by atoms with van der Waals surface area (Å²) in [6, 6.07) is 9.54. The summed E-state index contributed by atoms with van der Waals surface area (Å²) in [6.07, 6.45) is 1.76. The van der Waals surface area contributed by atoms with E-state index in [-0.39, 0.29) is 5.54 Å². The van der Waals surface area contributed by atoms with Gasteiger partial charge in [0.1, 0.15) is 18.0 Å². The molecule has 1 aliphatic rings. The molecule has 1 aromatic rings. The number of nitrogens with one attached hydrogen (secondary N) is 1. The van der Waals surface area contributed by atoms with Crippen LogP contribution < -0.4 is 10.1 Å². The Balaban J connectivity index is 1.83. The highest BCUT2D eigenvalue weighted by Crippen LogP contribution is 2.36. The lowest BCUT2D eigenvalue weighted by molar-refractivity contribution is 0.0477. The van der Waals surface area contributed by atoms with Crippen LogP contribution in [0, 0.1) is 11.3 Å². The summed E-state index contributed by atoms with van der Waals surface area (Å²) in [4.78, 5) is 11.8. The molecule has 5 heteroatoms. The number of nitrogens with zero attached hydrogens (tertiary/aromatic N) is 1. The molecule has 1 fully saturated rings. The number of carbonyl (C=O) groups excluding carboxylic acids is 1. The molecule has 0 bridgehead atoms. The molecule has 5 nitrogen and oxygen atoms in total. The molecule has 0 heterocycles. The zero-order valence-corrected chi connectivity index (χ0v) is 13.3. The highest BCUT2D eigenvalue weighted by atomic mass is 16.6. The summed E-state index contributed by atoms with van der Waals surface area (Å²) in [7, 11) is 0. The first-order valence-corrected chi connectivity index (χ1v) is 7.42. The molecule has 0 spiro atoms. The van der Waals surface area contributed by atoms with E-state index >= 15 is 0 Å². The van der Waals surface area contributed by atoms with Crippen molar-refractivity contribution >= 4 is 6.09 Å². The first-order chi connectivity index (χ1) is 10.3. The molecule has 0 atom stereocenters. The van der Waals surface area contributed by atoms with E-state index in [9.17, 15) is 4.79 Å². The van der Waals surface area contributed by atoms with E-state index in [4.69, 9.17) is 14.7 Å². The van der Waals surface area contributed by atoms with E-state index in [0.717, 1.165) is 24.2 Å². The topological polar surface area (TPSA) is 71.3 Å². The lowest BCUT2D eigenvalue weighted by Crippen LogP contribution is -2.44. The van der Waals surface area contributed by atoms with Crippen LogP contribution in [0.1, 0.15) is 39.2 Å². The Morgan fingerprint density at radius 2 is 1.95 bits per heavy atom. The van der Waals surface area contributed by atoms with Crippen LogP contribution in [0.25, 0.3) is 0 Å². The van der Waals surface area contributed by atoms with Crippen molar-refractivity contribution in [3.63, 3.8) is 0 Å². The van der Waals surface area contributed by atoms with Crippen LogP contribution in [-0.2, 0) is 11.2 Å². The van der Waals surface area contributed by atoms with Crippen LogP contribution in [0.5, 0.6) is 5.75 Å². The molecule has 1 aliphatic carbocycles. The molecule has 0 aliphatic heterocycles. The van der Waals surface area contributed by atoms with Gasteiger partial charge in [-0.05, 0) is 51.3 Å². The van der Waals surface area contributed by atoms with Crippen LogP contribution in [0.2, 0.25) is 0 Å². The molecule has 0 radical (unpaired) electrons. The molecule has 1 saturated carbocycles. The molecule has 1 aromatic carbocycles. The molecular weight excluding hydrogens is 280 g/mol. The van der Waals surface area contributed by atoms with Gasteiger partial charge in [0, 0.05) is 0 Å². The lowest BCUT2D eigenvalue weighted by atomic mass is 10.2. The summed E-state index contributed by atoms with van der Waals surface area (Å²) in [5, 5.41) is 11.5. The number of carbonyl (C=O) groups is 1. The van der Waals surface area contributed by atoms with Crippen molar-refractivity contribution in [2.24, 2.45) is 0 Å². The van der Waals surface area contributed by atoms with Crippen molar-refractivity contribution in [1.82, 2.24) is 5.32 Å². The molecule has 1 amide bonds. The number of hydrogen-bond donors (Lipinski definition) is 1. The Morgan fingerprint density at radius 1 is 1.32 bits per heavy atom. The molecule has 0 aromatic heterocycles. The third kappa shape index (κ3) is 4.96. The smallest absolute Gasteiger partial charge is 0.408 e. The van der Waals surface area contributed by atoms with Gasteiger partial charge in [-0.25, -0.2) is 4.79 Å². The van der Waals surface area contributed by atoms with E-state index in [0.29, 0.717) is 13.0 Å². The number of rotatable bonds is 5. The minimum absolute atomic E-state index is 0.312. The number of ether oxygens (including phenoxy) is 2. The second kappa shape index (κ2) is 6.27. The highest BCUT2D eigenvalue weighted by molar-refractivity contribution is 5.69. The largest absolute Gasteiger partial charge is 0.491 e. The van der Waals surface area contributed by atoms with Gasteiger partial charge in [-0.1, -0.05) is 12.1 Å². The maximum absolute atomic E-state index is 11.8. The van der Waals surface area contributed by atoms with Crippen LogP contribution in [0.15, 0.2) is 24.3 Å². The summed E-state index contributed by atoms with van der Waals surface area (Å²) in [6.45, 7) is 5.94. The molecule has 0 unspecified atom stereocenters. The van der Waals surface area contributed by atoms with E-state index in [1.165, 1.54) is 0 Å². The van der Waals surface area contributed by atoms with Gasteiger partial charge < -0.3 is 14.8 Å². The van der Waals surface area contributed by atoms with Crippen molar-refractivity contribution in [2.45, 2.75) is 51.2 Å². The summed E-state index contributed by atoms with van der Waals surface area (Å²) < 4.78 is 11.0. The zero-order chi connectivity index (χ0) is 16.2. The molecule has 118 valence electrons. The van der Waals surface area contributed by atoms with Gasteiger partial charge in [0.15, 0.2) is 0 Å². The number of alkyl carbamates (subject to hydrolysis) is 1. The highest BCUT2D eigenvalue weighted by Gasteiger charge is 2.46. The summed E-state index contributed by atoms with van der Waals surface area (Å²) in [5.41, 5.74) is 0.147. The number of benzene rings is 1. The van der Waals surface area contributed by atoms with Crippen molar-refractivity contribution in [2.75, 3.05) is 6.61 Å². The van der Waals surface area contributed by atoms with Crippen LogP contribution in [-0.4, -0.2) is 23.8 Å². The molecular formula is C17H22N2O3. The second-order valence-electron chi connectivity index (χ2n) is 6.67. The second-order valence-corrected chi connectivity index (χ2v) is 6.67. The van der Waals surface area contributed by atoms with E-state index in [1.54, 1.807) is 0 Å². The third-order valence-corrected chi connectivity index (χ3v) is 3.34. The van der Waals surface area contributed by atoms with E-state index in [1.807, 2.05) is 45.0 Å². The van der Waals surface area contributed by atoms with Gasteiger partial charge in [-0.2, -0.15) is 5.26 Å². The van der Waals surface area contributed by atoms with Gasteiger partial charge in [-0.15, -0.1) is 0 Å². The number of nitriles is 1. The average Bonchev–Trinajstić information content (AvgIpc) is 3.16. The summed E-state index contributed by atoms with van der Waals surface area (Å²) in [5.74, 6) is 0.735. The Bertz CT molecular complexity index is 563. The van der Waals surface area contributed by atoms with E-state index in [2.05, 4.69) is 11.4 Å². The van der Waals surface area contributed by atoms with Crippen molar-refractivity contribution in [1.29, 1.82) is 5.26 Å². The monoisotopic (exact) mass is 302 g/mol.